The zero-order valence-corrected chi connectivity index (χ0v) is 25.8. The fourth-order valence-corrected chi connectivity index (χ4v) is 7.21. The third kappa shape index (κ3) is 5.85. The first-order chi connectivity index (χ1) is 19.2. The number of carbonyl (C=O) groups excluding carboxylic acids is 1. The Balaban J connectivity index is 1.57. The summed E-state index contributed by atoms with van der Waals surface area (Å²) < 4.78 is 36.4. The third-order valence-corrected chi connectivity index (χ3v) is 10.0. The minimum absolute atomic E-state index is 0.263. The Morgan fingerprint density at radius 2 is 1.95 bits per heavy atom. The van der Waals surface area contributed by atoms with Gasteiger partial charge in [-0.3, -0.25) is 9.08 Å². The van der Waals surface area contributed by atoms with Gasteiger partial charge in [-0.2, -0.15) is 5.10 Å². The second kappa shape index (κ2) is 10.6. The van der Waals surface area contributed by atoms with E-state index in [-0.39, 0.29) is 10.3 Å². The number of hydrogen-bond donors (Lipinski definition) is 1. The Labute approximate surface area is 243 Å². The maximum atomic E-state index is 12.8. The highest BCUT2D eigenvalue weighted by Crippen LogP contribution is 2.35. The van der Waals surface area contributed by atoms with Crippen LogP contribution in [0.1, 0.15) is 38.4 Å². The van der Waals surface area contributed by atoms with Crippen molar-refractivity contribution in [2.24, 2.45) is 7.05 Å². The molecule has 41 heavy (non-hydrogen) atoms. The number of thiophene rings is 1. The highest BCUT2D eigenvalue weighted by Gasteiger charge is 2.27. The number of nitrogens with one attached hydrogen (secondary N) is 1. The lowest BCUT2D eigenvalue weighted by Gasteiger charge is -2.30. The summed E-state index contributed by atoms with van der Waals surface area (Å²) in [4.78, 5) is 24.1. The van der Waals surface area contributed by atoms with Crippen LogP contribution in [-0.4, -0.2) is 80.7 Å². The van der Waals surface area contributed by atoms with Crippen LogP contribution in [0.5, 0.6) is 0 Å². The number of nitrogens with zero attached hydrogens (tertiary/aromatic N) is 7. The average Bonchev–Trinajstić information content (AvgIpc) is 3.61. The van der Waals surface area contributed by atoms with E-state index in [1.54, 1.807) is 35.0 Å². The average molecular weight is 599 g/mol. The molecular weight excluding hydrogens is 564 g/mol. The Bertz CT molecular complexity index is 1760. The predicted octanol–water partition coefficient (Wildman–Crippen LogP) is 4.52. The summed E-state index contributed by atoms with van der Waals surface area (Å²) in [7, 11) is 1.28. The Kier molecular flexibility index (Phi) is 7.42. The molecule has 0 aromatic carbocycles. The molecule has 14 heteroatoms. The molecule has 5 heterocycles. The number of sulfonamides is 1. The molecule has 5 rings (SSSR count). The van der Waals surface area contributed by atoms with E-state index in [1.165, 1.54) is 18.4 Å². The van der Waals surface area contributed by atoms with Gasteiger partial charge in [-0.1, -0.05) is 6.08 Å². The summed E-state index contributed by atoms with van der Waals surface area (Å²) in [5.74, 6) is 0.461. The number of carbonyl (C=O) groups is 1. The number of hydrogen-bond acceptors (Lipinski definition) is 9. The lowest BCUT2D eigenvalue weighted by Crippen LogP contribution is -2.39. The second-order valence-corrected chi connectivity index (χ2v) is 14.5. The van der Waals surface area contributed by atoms with Crippen molar-refractivity contribution in [1.29, 1.82) is 0 Å². The number of fused-ring (bicyclic) bond motifs is 1. The summed E-state index contributed by atoms with van der Waals surface area (Å²) in [6.07, 6.45) is 9.70. The van der Waals surface area contributed by atoms with Crippen molar-refractivity contribution in [3.05, 3.63) is 48.2 Å². The molecule has 0 aliphatic carbocycles. The molecule has 0 spiro atoms. The lowest BCUT2D eigenvalue weighted by atomic mass is 10.1. The predicted molar refractivity (Wildman–Crippen MR) is 159 cm³/mol. The van der Waals surface area contributed by atoms with Gasteiger partial charge in [0.25, 0.3) is 10.0 Å². The number of anilines is 2. The number of aryl methyl sites for hydroxylation is 2. The molecule has 4 aromatic heterocycles. The second-order valence-electron chi connectivity index (χ2n) is 11.1. The van der Waals surface area contributed by atoms with Gasteiger partial charge in [0.1, 0.15) is 9.81 Å². The van der Waals surface area contributed by atoms with E-state index in [2.05, 4.69) is 21.5 Å². The van der Waals surface area contributed by atoms with E-state index in [4.69, 9.17) is 9.72 Å². The quantitative estimate of drug-likeness (QED) is 0.343. The number of ether oxygens (including phenoxy) is 1. The SMILES string of the molecule is Cc1cc(Nc2nc(C3=CCCN(C(=O)OC(C)(C)C)C3)cn3c(-c4cnn(C)c4)cnc23)sc1S(=O)(=O)N(C)C. The summed E-state index contributed by atoms with van der Waals surface area (Å²) in [6, 6.07) is 1.79. The largest absolute Gasteiger partial charge is 0.444 e. The van der Waals surface area contributed by atoms with Crippen LogP contribution >= 0.6 is 11.3 Å². The Morgan fingerprint density at radius 1 is 1.20 bits per heavy atom. The first-order valence-electron chi connectivity index (χ1n) is 13.1. The number of aromatic nitrogens is 5. The van der Waals surface area contributed by atoms with Gasteiger partial charge >= 0.3 is 6.09 Å². The Morgan fingerprint density at radius 3 is 2.61 bits per heavy atom. The van der Waals surface area contributed by atoms with E-state index in [0.717, 1.165) is 28.2 Å². The van der Waals surface area contributed by atoms with Crippen molar-refractivity contribution < 1.29 is 17.9 Å². The van der Waals surface area contributed by atoms with Crippen molar-refractivity contribution in [2.75, 3.05) is 32.5 Å². The molecule has 0 saturated carbocycles. The van der Waals surface area contributed by atoms with Gasteiger partial charge in [-0.15, -0.1) is 11.3 Å². The minimum atomic E-state index is -3.60. The van der Waals surface area contributed by atoms with Crippen molar-refractivity contribution in [3.8, 4) is 11.3 Å². The molecule has 0 saturated heterocycles. The maximum absolute atomic E-state index is 12.8. The third-order valence-electron chi connectivity index (χ3n) is 6.45. The number of rotatable bonds is 6. The van der Waals surface area contributed by atoms with Crippen LogP contribution in [0.2, 0.25) is 0 Å². The molecule has 0 unspecified atom stereocenters. The van der Waals surface area contributed by atoms with Gasteiger partial charge < -0.3 is 15.0 Å². The van der Waals surface area contributed by atoms with Crippen LogP contribution < -0.4 is 5.32 Å². The number of imidazole rings is 1. The highest BCUT2D eigenvalue weighted by atomic mass is 32.2. The van der Waals surface area contributed by atoms with Crippen molar-refractivity contribution >= 4 is 49.5 Å². The molecule has 0 bridgehead atoms. The summed E-state index contributed by atoms with van der Waals surface area (Å²) in [5.41, 5.74) is 3.83. The van der Waals surface area contributed by atoms with Crippen LogP contribution in [0.4, 0.5) is 15.6 Å². The molecular formula is C27H34N8O4S2. The molecule has 0 radical (unpaired) electrons. The van der Waals surface area contributed by atoms with Crippen LogP contribution in [-0.2, 0) is 21.8 Å². The molecule has 0 atom stereocenters. The van der Waals surface area contributed by atoms with Crippen LogP contribution in [0, 0.1) is 6.92 Å². The molecule has 1 N–H and O–H groups in total. The van der Waals surface area contributed by atoms with E-state index in [9.17, 15) is 13.2 Å². The standard InChI is InChI=1S/C27H34N8O4S2/c1-17-11-22(40-25(17)41(37,38)32(5)6)31-23-24-28-13-21(19-12-29-33(7)14-19)35(24)16-20(30-23)18-9-8-10-34(15-18)26(36)39-27(2,3)4/h9,11-14,16H,8,10,15H2,1-7H3,(H,30,31). The van der Waals surface area contributed by atoms with E-state index in [0.29, 0.717) is 47.2 Å². The molecule has 12 nitrogen and oxygen atoms in total. The van der Waals surface area contributed by atoms with Crippen LogP contribution in [0.3, 0.4) is 0 Å². The Hall–Kier alpha value is -3.75. The van der Waals surface area contributed by atoms with Gasteiger partial charge in [-0.25, -0.2) is 27.5 Å². The first-order valence-corrected chi connectivity index (χ1v) is 15.3. The fourth-order valence-electron chi connectivity index (χ4n) is 4.47. The molecule has 1 aliphatic heterocycles. The maximum Gasteiger partial charge on any atom is 0.410 e. The van der Waals surface area contributed by atoms with Crippen LogP contribution in [0.25, 0.3) is 22.5 Å². The smallest absolute Gasteiger partial charge is 0.410 e. The molecule has 4 aromatic rings. The topological polar surface area (TPSA) is 127 Å². The van der Waals surface area contributed by atoms with E-state index in [1.807, 2.05) is 44.6 Å². The zero-order chi connectivity index (χ0) is 29.7. The van der Waals surface area contributed by atoms with Crippen molar-refractivity contribution in [1.82, 2.24) is 33.4 Å². The van der Waals surface area contributed by atoms with Gasteiger partial charge in [0.05, 0.1) is 35.3 Å². The molecule has 1 amide bonds. The summed E-state index contributed by atoms with van der Waals surface area (Å²) >= 11 is 1.14. The highest BCUT2D eigenvalue weighted by molar-refractivity contribution is 7.91. The van der Waals surface area contributed by atoms with Crippen molar-refractivity contribution in [2.45, 2.75) is 43.9 Å². The van der Waals surface area contributed by atoms with E-state index >= 15 is 0 Å². The van der Waals surface area contributed by atoms with Gasteiger partial charge in [0, 0.05) is 45.6 Å². The normalized spacial score (nSPS) is 14.5. The first kappa shape index (κ1) is 28.8. The van der Waals surface area contributed by atoms with Gasteiger partial charge in [-0.05, 0) is 51.3 Å². The molecule has 218 valence electrons. The summed E-state index contributed by atoms with van der Waals surface area (Å²) in [6.45, 7) is 8.20. The van der Waals surface area contributed by atoms with Crippen molar-refractivity contribution in [3.63, 3.8) is 0 Å². The molecule has 1 aliphatic rings. The van der Waals surface area contributed by atoms with Crippen LogP contribution in [0.15, 0.2) is 41.1 Å². The lowest BCUT2D eigenvalue weighted by molar-refractivity contribution is 0.0273. The summed E-state index contributed by atoms with van der Waals surface area (Å²) in [5, 5.41) is 8.25. The number of amides is 1. The molecule has 0 fully saturated rings. The monoisotopic (exact) mass is 598 g/mol. The van der Waals surface area contributed by atoms with E-state index < -0.39 is 15.6 Å². The zero-order valence-electron chi connectivity index (χ0n) is 24.2. The van der Waals surface area contributed by atoms with Gasteiger partial charge in [0.15, 0.2) is 11.5 Å². The van der Waals surface area contributed by atoms with Gasteiger partial charge in [0.2, 0.25) is 0 Å². The minimum Gasteiger partial charge on any atom is -0.444 e. The fraction of sp³-hybridized carbons (Fsp3) is 0.407.